The monoisotopic (exact) mass is 259 g/mol. The highest BCUT2D eigenvalue weighted by molar-refractivity contribution is 5.87. The summed E-state index contributed by atoms with van der Waals surface area (Å²) in [5.74, 6) is -0.309. The van der Waals surface area contributed by atoms with Gasteiger partial charge in [-0.1, -0.05) is 18.2 Å². The summed E-state index contributed by atoms with van der Waals surface area (Å²) >= 11 is 0. The van der Waals surface area contributed by atoms with Crippen LogP contribution in [0.4, 0.5) is 5.69 Å². The summed E-state index contributed by atoms with van der Waals surface area (Å²) in [6.07, 6.45) is 1.28. The number of benzene rings is 1. The molecule has 0 amide bonds. The van der Waals surface area contributed by atoms with Crippen LogP contribution in [0.2, 0.25) is 0 Å². The van der Waals surface area contributed by atoms with Crippen LogP contribution >= 0.6 is 0 Å². The van der Waals surface area contributed by atoms with Crippen LogP contribution in [0.1, 0.15) is 28.6 Å². The SMILES string of the molecule is CCN(Cc1cc(C(=O)O)co1)c1ccccc1C. The molecule has 0 atom stereocenters. The number of carboxylic acids is 1. The van der Waals surface area contributed by atoms with Gasteiger partial charge in [-0.3, -0.25) is 0 Å². The van der Waals surface area contributed by atoms with Gasteiger partial charge in [-0.2, -0.15) is 0 Å². The summed E-state index contributed by atoms with van der Waals surface area (Å²) in [5, 5.41) is 8.88. The van der Waals surface area contributed by atoms with Gasteiger partial charge in [0, 0.05) is 12.2 Å². The smallest absolute Gasteiger partial charge is 0.338 e. The number of nitrogens with zero attached hydrogens (tertiary/aromatic N) is 1. The van der Waals surface area contributed by atoms with E-state index < -0.39 is 5.97 Å². The van der Waals surface area contributed by atoms with E-state index in [4.69, 9.17) is 9.52 Å². The lowest BCUT2D eigenvalue weighted by Gasteiger charge is -2.23. The van der Waals surface area contributed by atoms with Gasteiger partial charge in [0.1, 0.15) is 12.0 Å². The first kappa shape index (κ1) is 13.2. The number of aryl methyl sites for hydroxylation is 1. The minimum Gasteiger partial charge on any atom is -0.478 e. The topological polar surface area (TPSA) is 53.7 Å². The third kappa shape index (κ3) is 2.96. The molecule has 0 spiro atoms. The molecule has 4 nitrogen and oxygen atoms in total. The van der Waals surface area contributed by atoms with Crippen molar-refractivity contribution in [3.05, 3.63) is 53.5 Å². The molecule has 0 aliphatic heterocycles. The zero-order valence-electron chi connectivity index (χ0n) is 11.1. The molecule has 19 heavy (non-hydrogen) atoms. The molecule has 1 N–H and O–H groups in total. The zero-order valence-corrected chi connectivity index (χ0v) is 11.1. The minimum atomic E-state index is -0.964. The zero-order chi connectivity index (χ0) is 13.8. The summed E-state index contributed by atoms with van der Waals surface area (Å²) in [6, 6.07) is 9.68. The van der Waals surface area contributed by atoms with E-state index in [1.165, 1.54) is 11.8 Å². The molecule has 0 aliphatic carbocycles. The van der Waals surface area contributed by atoms with Crippen molar-refractivity contribution in [1.82, 2.24) is 0 Å². The largest absolute Gasteiger partial charge is 0.478 e. The van der Waals surface area contributed by atoms with Crippen molar-refractivity contribution in [3.8, 4) is 0 Å². The standard InChI is InChI=1S/C15H17NO3/c1-3-16(14-7-5-4-6-11(14)2)9-13-8-12(10-19-13)15(17)18/h4-8,10H,3,9H2,1-2H3,(H,17,18). The number of aromatic carboxylic acids is 1. The Labute approximate surface area is 112 Å². The normalized spacial score (nSPS) is 10.4. The Morgan fingerprint density at radius 2 is 2.11 bits per heavy atom. The van der Waals surface area contributed by atoms with Gasteiger partial charge >= 0.3 is 5.97 Å². The summed E-state index contributed by atoms with van der Waals surface area (Å²) in [7, 11) is 0. The number of furan rings is 1. The summed E-state index contributed by atoms with van der Waals surface area (Å²) in [4.78, 5) is 13.0. The molecule has 0 fully saturated rings. The van der Waals surface area contributed by atoms with Gasteiger partial charge in [-0.25, -0.2) is 4.79 Å². The van der Waals surface area contributed by atoms with E-state index in [1.54, 1.807) is 6.07 Å². The van der Waals surface area contributed by atoms with Gasteiger partial charge in [0.2, 0.25) is 0 Å². The molecule has 2 aromatic rings. The lowest BCUT2D eigenvalue weighted by atomic mass is 10.1. The fourth-order valence-corrected chi connectivity index (χ4v) is 2.05. The third-order valence-electron chi connectivity index (χ3n) is 3.09. The molecule has 1 heterocycles. The quantitative estimate of drug-likeness (QED) is 0.895. The second-order valence-corrected chi connectivity index (χ2v) is 4.41. The van der Waals surface area contributed by atoms with Crippen LogP contribution in [-0.2, 0) is 6.54 Å². The molecule has 0 radical (unpaired) electrons. The Morgan fingerprint density at radius 1 is 1.37 bits per heavy atom. The van der Waals surface area contributed by atoms with Crippen LogP contribution in [0.25, 0.3) is 0 Å². The lowest BCUT2D eigenvalue weighted by Crippen LogP contribution is -2.22. The Balaban J connectivity index is 2.19. The summed E-state index contributed by atoms with van der Waals surface area (Å²) in [6.45, 7) is 5.51. The van der Waals surface area contributed by atoms with Crippen LogP contribution in [0.5, 0.6) is 0 Å². The van der Waals surface area contributed by atoms with E-state index in [9.17, 15) is 4.79 Å². The van der Waals surface area contributed by atoms with Crippen LogP contribution in [0.3, 0.4) is 0 Å². The maximum atomic E-state index is 10.8. The highest BCUT2D eigenvalue weighted by atomic mass is 16.4. The maximum Gasteiger partial charge on any atom is 0.338 e. The molecule has 0 saturated heterocycles. The van der Waals surface area contributed by atoms with Crippen molar-refractivity contribution in [1.29, 1.82) is 0 Å². The highest BCUT2D eigenvalue weighted by Crippen LogP contribution is 2.22. The predicted molar refractivity (Wildman–Crippen MR) is 73.6 cm³/mol. The van der Waals surface area contributed by atoms with Crippen molar-refractivity contribution in [2.75, 3.05) is 11.4 Å². The molecule has 0 aliphatic rings. The molecule has 0 bridgehead atoms. The minimum absolute atomic E-state index is 0.191. The average Bonchev–Trinajstić information content (AvgIpc) is 2.86. The van der Waals surface area contributed by atoms with Crippen molar-refractivity contribution >= 4 is 11.7 Å². The van der Waals surface area contributed by atoms with E-state index in [1.807, 2.05) is 12.1 Å². The first-order valence-corrected chi connectivity index (χ1v) is 6.23. The van der Waals surface area contributed by atoms with E-state index in [2.05, 4.69) is 30.9 Å². The van der Waals surface area contributed by atoms with E-state index in [-0.39, 0.29) is 5.56 Å². The number of anilines is 1. The van der Waals surface area contributed by atoms with Gasteiger partial charge < -0.3 is 14.4 Å². The predicted octanol–water partition coefficient (Wildman–Crippen LogP) is 3.31. The van der Waals surface area contributed by atoms with Gasteiger partial charge in [0.05, 0.1) is 12.1 Å². The van der Waals surface area contributed by atoms with Crippen LogP contribution in [0.15, 0.2) is 41.0 Å². The second-order valence-electron chi connectivity index (χ2n) is 4.41. The average molecular weight is 259 g/mol. The fraction of sp³-hybridized carbons (Fsp3) is 0.267. The van der Waals surface area contributed by atoms with Crippen molar-refractivity contribution < 1.29 is 14.3 Å². The number of hydrogen-bond acceptors (Lipinski definition) is 3. The van der Waals surface area contributed by atoms with E-state index in [0.717, 1.165) is 12.2 Å². The molecule has 1 aromatic carbocycles. The van der Waals surface area contributed by atoms with Crippen LogP contribution in [0, 0.1) is 6.92 Å². The molecule has 4 heteroatoms. The van der Waals surface area contributed by atoms with Gasteiger partial charge in [-0.05, 0) is 31.5 Å². The first-order valence-electron chi connectivity index (χ1n) is 6.23. The Hall–Kier alpha value is -2.23. The van der Waals surface area contributed by atoms with E-state index in [0.29, 0.717) is 12.3 Å². The Bertz CT molecular complexity index is 574. The third-order valence-corrected chi connectivity index (χ3v) is 3.09. The summed E-state index contributed by atoms with van der Waals surface area (Å²) < 4.78 is 5.30. The molecule has 100 valence electrons. The van der Waals surface area contributed by atoms with Crippen LogP contribution < -0.4 is 4.90 Å². The number of para-hydroxylation sites is 1. The van der Waals surface area contributed by atoms with E-state index >= 15 is 0 Å². The van der Waals surface area contributed by atoms with Crippen LogP contribution in [-0.4, -0.2) is 17.6 Å². The maximum absolute atomic E-state index is 10.8. The van der Waals surface area contributed by atoms with Gasteiger partial charge in [-0.15, -0.1) is 0 Å². The van der Waals surface area contributed by atoms with Crippen molar-refractivity contribution in [2.24, 2.45) is 0 Å². The number of carbonyl (C=O) groups is 1. The van der Waals surface area contributed by atoms with Gasteiger partial charge in [0.25, 0.3) is 0 Å². The Morgan fingerprint density at radius 3 is 2.68 bits per heavy atom. The van der Waals surface area contributed by atoms with Crippen molar-refractivity contribution in [2.45, 2.75) is 20.4 Å². The lowest BCUT2D eigenvalue weighted by molar-refractivity contribution is 0.0696. The number of hydrogen-bond donors (Lipinski definition) is 1. The number of carboxylic acid groups (broad SMARTS) is 1. The molecule has 2 rings (SSSR count). The molecule has 1 aromatic heterocycles. The van der Waals surface area contributed by atoms with Gasteiger partial charge in [0.15, 0.2) is 0 Å². The highest BCUT2D eigenvalue weighted by Gasteiger charge is 2.12. The molecule has 0 saturated carbocycles. The molecule has 0 unspecified atom stereocenters. The number of rotatable bonds is 5. The fourth-order valence-electron chi connectivity index (χ4n) is 2.05. The Kier molecular flexibility index (Phi) is 3.90. The summed E-state index contributed by atoms with van der Waals surface area (Å²) in [5.41, 5.74) is 2.52. The first-order chi connectivity index (χ1) is 9.11. The molecular weight excluding hydrogens is 242 g/mol. The molecular formula is C15H17NO3. The van der Waals surface area contributed by atoms with Crippen molar-refractivity contribution in [3.63, 3.8) is 0 Å². The second kappa shape index (κ2) is 5.61.